The molecule has 1 N–H and O–H groups in total. The summed E-state index contributed by atoms with van der Waals surface area (Å²) in [6, 6.07) is 11.9. The molecule has 3 rings (SSSR count). The van der Waals surface area contributed by atoms with E-state index in [1.165, 1.54) is 17.4 Å². The van der Waals surface area contributed by atoms with E-state index >= 15 is 0 Å². The first-order valence-electron chi connectivity index (χ1n) is 6.76. The average Bonchev–Trinajstić information content (AvgIpc) is 3.20. The highest BCUT2D eigenvalue weighted by Crippen LogP contribution is 2.24. The van der Waals surface area contributed by atoms with Crippen LogP contribution >= 0.6 is 11.3 Å². The minimum absolute atomic E-state index is 0.219. The highest BCUT2D eigenvalue weighted by Gasteiger charge is 2.14. The van der Waals surface area contributed by atoms with E-state index in [1.54, 1.807) is 24.3 Å². The molecule has 0 atom stereocenters. The molecule has 0 fully saturated rings. The maximum absolute atomic E-state index is 13.5. The van der Waals surface area contributed by atoms with Gasteiger partial charge in [0.05, 0.1) is 4.88 Å². The van der Waals surface area contributed by atoms with Crippen molar-refractivity contribution in [2.75, 3.05) is 6.54 Å². The van der Waals surface area contributed by atoms with Crippen molar-refractivity contribution >= 4 is 17.2 Å². The molecule has 0 saturated carbocycles. The Labute approximate surface area is 130 Å². The van der Waals surface area contributed by atoms with Gasteiger partial charge in [0.15, 0.2) is 11.5 Å². The zero-order valence-corrected chi connectivity index (χ0v) is 12.4. The fraction of sp³-hybridized carbons (Fsp3) is 0.125. The molecule has 0 bridgehead atoms. The predicted molar refractivity (Wildman–Crippen MR) is 82.3 cm³/mol. The molecule has 6 heteroatoms. The van der Waals surface area contributed by atoms with Crippen molar-refractivity contribution < 1.29 is 13.7 Å². The highest BCUT2D eigenvalue weighted by atomic mass is 32.1. The Morgan fingerprint density at radius 3 is 2.91 bits per heavy atom. The molecule has 4 nitrogen and oxygen atoms in total. The van der Waals surface area contributed by atoms with Gasteiger partial charge in [-0.1, -0.05) is 29.4 Å². The lowest BCUT2D eigenvalue weighted by Gasteiger charge is -2.04. The lowest BCUT2D eigenvalue weighted by molar-refractivity contribution is 0.0945. The first-order valence-corrected chi connectivity index (χ1v) is 7.64. The first-order chi connectivity index (χ1) is 10.7. The molecular formula is C16H13FN2O2S. The van der Waals surface area contributed by atoms with Gasteiger partial charge in [-0.05, 0) is 29.5 Å². The zero-order valence-electron chi connectivity index (χ0n) is 11.6. The minimum atomic E-state index is -0.331. The lowest BCUT2D eigenvalue weighted by Crippen LogP contribution is -2.26. The molecule has 0 unspecified atom stereocenters. The number of hydrogen-bond donors (Lipinski definition) is 1. The number of benzene rings is 1. The van der Waals surface area contributed by atoms with Crippen molar-refractivity contribution in [2.45, 2.75) is 6.42 Å². The largest absolute Gasteiger partial charge is 0.355 e. The topological polar surface area (TPSA) is 55.1 Å². The third-order valence-electron chi connectivity index (χ3n) is 3.14. The minimum Gasteiger partial charge on any atom is -0.355 e. The molecule has 22 heavy (non-hydrogen) atoms. The van der Waals surface area contributed by atoms with E-state index < -0.39 is 0 Å². The second-order valence-electron chi connectivity index (χ2n) is 4.65. The summed E-state index contributed by atoms with van der Waals surface area (Å²) in [5.74, 6) is -0.0321. The molecule has 0 aliphatic carbocycles. The van der Waals surface area contributed by atoms with Crippen molar-refractivity contribution in [3.8, 4) is 10.6 Å². The van der Waals surface area contributed by atoms with Crippen molar-refractivity contribution in [1.29, 1.82) is 0 Å². The van der Waals surface area contributed by atoms with Crippen molar-refractivity contribution in [1.82, 2.24) is 10.5 Å². The van der Waals surface area contributed by atoms with Crippen LogP contribution in [0.25, 0.3) is 10.6 Å². The molecule has 0 saturated heterocycles. The van der Waals surface area contributed by atoms with Gasteiger partial charge in [0.25, 0.3) is 5.91 Å². The maximum atomic E-state index is 13.5. The number of hydrogen-bond acceptors (Lipinski definition) is 4. The van der Waals surface area contributed by atoms with Gasteiger partial charge < -0.3 is 9.84 Å². The first kappa shape index (κ1) is 14.5. The van der Waals surface area contributed by atoms with E-state index in [9.17, 15) is 9.18 Å². The standard InChI is InChI=1S/C16H13FN2O2S/c17-12-5-2-1-4-11(12)7-8-18-16(20)13-10-14(21-19-13)15-6-3-9-22-15/h1-6,9-10H,7-8H2,(H,18,20). The number of thiophene rings is 1. The molecule has 3 aromatic rings. The fourth-order valence-electron chi connectivity index (χ4n) is 2.02. The summed E-state index contributed by atoms with van der Waals surface area (Å²) >= 11 is 1.51. The van der Waals surface area contributed by atoms with Gasteiger partial charge in [-0.15, -0.1) is 11.3 Å². The van der Waals surface area contributed by atoms with Gasteiger partial charge in [-0.2, -0.15) is 0 Å². The van der Waals surface area contributed by atoms with E-state index in [-0.39, 0.29) is 17.4 Å². The lowest BCUT2D eigenvalue weighted by atomic mass is 10.1. The van der Waals surface area contributed by atoms with Crippen molar-refractivity contribution in [3.05, 3.63) is 64.9 Å². The van der Waals surface area contributed by atoms with Crippen LogP contribution in [0.15, 0.2) is 52.4 Å². The van der Waals surface area contributed by atoms with Gasteiger partial charge in [-0.3, -0.25) is 4.79 Å². The molecule has 112 valence electrons. The molecular weight excluding hydrogens is 303 g/mol. The summed E-state index contributed by atoms with van der Waals surface area (Å²) in [6.07, 6.45) is 0.425. The van der Waals surface area contributed by atoms with Crippen LogP contribution in [0.1, 0.15) is 16.1 Å². The number of nitrogens with zero attached hydrogens (tertiary/aromatic N) is 1. The summed E-state index contributed by atoms with van der Waals surface area (Å²) < 4.78 is 18.6. The van der Waals surface area contributed by atoms with E-state index in [1.807, 2.05) is 17.5 Å². The van der Waals surface area contributed by atoms with E-state index in [0.717, 1.165) is 4.88 Å². The van der Waals surface area contributed by atoms with Crippen LogP contribution in [0.4, 0.5) is 4.39 Å². The molecule has 0 aliphatic heterocycles. The van der Waals surface area contributed by atoms with Crippen LogP contribution in [0.3, 0.4) is 0 Å². The number of carbonyl (C=O) groups is 1. The third kappa shape index (κ3) is 3.23. The number of amides is 1. The van der Waals surface area contributed by atoms with Gasteiger partial charge in [0.2, 0.25) is 0 Å². The number of nitrogens with one attached hydrogen (secondary N) is 1. The average molecular weight is 316 g/mol. The number of rotatable bonds is 5. The highest BCUT2D eigenvalue weighted by molar-refractivity contribution is 7.13. The Kier molecular flexibility index (Phi) is 4.29. The smallest absolute Gasteiger partial charge is 0.273 e. The van der Waals surface area contributed by atoms with Gasteiger partial charge in [-0.25, -0.2) is 4.39 Å². The maximum Gasteiger partial charge on any atom is 0.273 e. The second kappa shape index (κ2) is 6.53. The van der Waals surface area contributed by atoms with Crippen LogP contribution in [-0.2, 0) is 6.42 Å². The van der Waals surface area contributed by atoms with Gasteiger partial charge in [0, 0.05) is 12.6 Å². The Hall–Kier alpha value is -2.47. The molecule has 0 spiro atoms. The summed E-state index contributed by atoms with van der Waals surface area (Å²) in [4.78, 5) is 12.9. The zero-order chi connectivity index (χ0) is 15.4. The summed E-state index contributed by atoms with van der Waals surface area (Å²) in [6.45, 7) is 0.334. The predicted octanol–water partition coefficient (Wildman–Crippen LogP) is 3.51. The van der Waals surface area contributed by atoms with Crippen LogP contribution in [0.5, 0.6) is 0 Å². The number of aromatic nitrogens is 1. The number of carbonyl (C=O) groups excluding carboxylic acids is 1. The monoisotopic (exact) mass is 316 g/mol. The fourth-order valence-corrected chi connectivity index (χ4v) is 2.69. The normalized spacial score (nSPS) is 10.6. The quantitative estimate of drug-likeness (QED) is 0.783. The molecule has 0 aliphatic rings. The molecule has 1 aromatic carbocycles. The summed E-state index contributed by atoms with van der Waals surface area (Å²) in [5, 5.41) is 8.39. The summed E-state index contributed by atoms with van der Waals surface area (Å²) in [5.41, 5.74) is 0.791. The van der Waals surface area contributed by atoms with E-state index in [0.29, 0.717) is 24.3 Å². The van der Waals surface area contributed by atoms with Crippen molar-refractivity contribution in [3.63, 3.8) is 0 Å². The Morgan fingerprint density at radius 2 is 2.14 bits per heavy atom. The van der Waals surface area contributed by atoms with Crippen LogP contribution in [0.2, 0.25) is 0 Å². The van der Waals surface area contributed by atoms with Gasteiger partial charge in [0.1, 0.15) is 5.82 Å². The molecule has 1 amide bonds. The van der Waals surface area contributed by atoms with Crippen LogP contribution in [0, 0.1) is 5.82 Å². The van der Waals surface area contributed by atoms with Crippen LogP contribution in [-0.4, -0.2) is 17.6 Å². The van der Waals surface area contributed by atoms with Crippen LogP contribution < -0.4 is 5.32 Å². The number of halogens is 1. The summed E-state index contributed by atoms with van der Waals surface area (Å²) in [7, 11) is 0. The van der Waals surface area contributed by atoms with Crippen molar-refractivity contribution in [2.24, 2.45) is 0 Å². The second-order valence-corrected chi connectivity index (χ2v) is 5.60. The Bertz CT molecular complexity index is 768. The van der Waals surface area contributed by atoms with E-state index in [4.69, 9.17) is 4.52 Å². The Morgan fingerprint density at radius 1 is 1.27 bits per heavy atom. The van der Waals surface area contributed by atoms with Gasteiger partial charge >= 0.3 is 0 Å². The third-order valence-corrected chi connectivity index (χ3v) is 4.03. The SMILES string of the molecule is O=C(NCCc1ccccc1F)c1cc(-c2cccs2)on1. The molecule has 2 aromatic heterocycles. The Balaban J connectivity index is 1.57. The van der Waals surface area contributed by atoms with E-state index in [2.05, 4.69) is 10.5 Å². The molecule has 2 heterocycles. The molecule has 0 radical (unpaired) electrons.